The number of rotatable bonds is 10. The van der Waals surface area contributed by atoms with Gasteiger partial charge in [0.2, 0.25) is 0 Å². The van der Waals surface area contributed by atoms with Gasteiger partial charge in [0.05, 0.1) is 35.1 Å². The van der Waals surface area contributed by atoms with Crippen molar-refractivity contribution in [1.29, 1.82) is 0 Å². The van der Waals surface area contributed by atoms with Crippen LogP contribution >= 0.6 is 0 Å². The van der Waals surface area contributed by atoms with Crippen molar-refractivity contribution in [2.24, 2.45) is 0 Å². The molecule has 0 saturated carbocycles. The Balaban J connectivity index is 0.000000208. The quantitative estimate of drug-likeness (QED) is 0.0226. The zero-order valence-corrected chi connectivity index (χ0v) is 37.6. The highest BCUT2D eigenvalue weighted by Gasteiger charge is 2.29. The third-order valence-corrected chi connectivity index (χ3v) is 13.2. The Bertz CT molecular complexity index is 3370. The van der Waals surface area contributed by atoms with Crippen LogP contribution in [0.2, 0.25) is 0 Å². The first-order chi connectivity index (χ1) is 29.2. The number of esters is 1. The number of nitrogens with two attached hydrogens (primary N) is 1. The first kappa shape index (κ1) is 46.6. The first-order valence-electron chi connectivity index (χ1n) is 19.2. The van der Waals surface area contributed by atoms with Crippen LogP contribution in [-0.2, 0) is 35.1 Å². The van der Waals surface area contributed by atoms with E-state index in [1.54, 1.807) is 0 Å². The van der Waals surface area contributed by atoms with Crippen LogP contribution in [-0.4, -0.2) is 64.6 Å². The lowest BCUT2D eigenvalue weighted by molar-refractivity contribution is -0.0000423. The standard InChI is InChI=1S/C28H31N2O3.C16H11NO9S3.ClH/c1-6-29-23-15-25-21(13-17(23)4)27(19-11-9-10-12-20(19)28(31)32-8-3)22-14-18(5)24(30-7-2)16-26(22)33-25;17-11-5-12(27(18,19)20)8-3-4-10-14(29(24,25)26)6-13(28(21,22)23)9-2-1-7(11)15(8)16(9)10;/h9-16,29-30H,6-8H2,1-5H3;1-6H,17H2,(H,18,19,20)(H,21,22,23)(H,24,25,26);1H/q+1;;/p-1. The third-order valence-electron chi connectivity index (χ3n) is 10.5. The maximum absolute atomic E-state index is 12.9. The molecule has 8 rings (SSSR count). The van der Waals surface area contributed by atoms with Crippen molar-refractivity contribution in [2.75, 3.05) is 36.1 Å². The normalized spacial score (nSPS) is 12.1. The number of fused-ring (bicyclic) bond motifs is 2. The number of nitrogen functional groups attached to an aromatic ring is 1. The van der Waals surface area contributed by atoms with Gasteiger partial charge < -0.3 is 33.5 Å². The molecule has 0 bridgehead atoms. The van der Waals surface area contributed by atoms with E-state index in [2.05, 4.69) is 62.6 Å². The highest BCUT2D eigenvalue weighted by Crippen LogP contribution is 2.45. The van der Waals surface area contributed by atoms with Crippen molar-refractivity contribution in [3.8, 4) is 11.1 Å². The average Bonchev–Trinajstić information content (AvgIpc) is 3.19. The van der Waals surface area contributed by atoms with Gasteiger partial charge in [-0.2, -0.15) is 25.3 Å². The predicted molar refractivity (Wildman–Crippen MR) is 241 cm³/mol. The summed E-state index contributed by atoms with van der Waals surface area (Å²) < 4.78 is 112. The maximum atomic E-state index is 12.9. The lowest BCUT2D eigenvalue weighted by Crippen LogP contribution is -3.00. The van der Waals surface area contributed by atoms with Gasteiger partial charge in [-0.15, -0.1) is 0 Å². The second-order valence-electron chi connectivity index (χ2n) is 14.5. The summed E-state index contributed by atoms with van der Waals surface area (Å²) in [6, 6.07) is 22.7. The van der Waals surface area contributed by atoms with E-state index in [4.69, 9.17) is 14.9 Å². The lowest BCUT2D eigenvalue weighted by Gasteiger charge is -2.17. The Kier molecular flexibility index (Phi) is 12.9. The van der Waals surface area contributed by atoms with E-state index >= 15 is 0 Å². The SMILES string of the molecule is CCNc1cc2[o+]c3cc(NCC)c(C)cc3c(-c3ccccc3C(=O)OCC)c2cc1C.Nc1cc(S(=O)(=O)O)c2ccc3c(S(=O)(=O)O)cc(S(=O)(=O)O)c4ccc1c2c43.[Cl-]. The minimum atomic E-state index is -4.93. The van der Waals surface area contributed by atoms with E-state index in [-0.39, 0.29) is 56.4 Å². The van der Waals surface area contributed by atoms with Gasteiger partial charge in [0.1, 0.15) is 14.7 Å². The second kappa shape index (κ2) is 17.4. The molecular formula is C44H42ClN3O12S3. The molecule has 0 aliphatic carbocycles. The van der Waals surface area contributed by atoms with Crippen LogP contribution in [0.5, 0.6) is 0 Å². The van der Waals surface area contributed by atoms with Crippen LogP contribution in [0, 0.1) is 13.8 Å². The number of benzene rings is 7. The topological polar surface area (TPSA) is 251 Å². The molecule has 0 saturated heterocycles. The summed E-state index contributed by atoms with van der Waals surface area (Å²) in [4.78, 5) is 10.7. The number of aryl methyl sites for hydroxylation is 2. The van der Waals surface area contributed by atoms with Crippen LogP contribution in [0.3, 0.4) is 0 Å². The van der Waals surface area contributed by atoms with Crippen molar-refractivity contribution < 1.29 is 65.3 Å². The van der Waals surface area contributed by atoms with Gasteiger partial charge in [0, 0.05) is 68.0 Å². The minimum Gasteiger partial charge on any atom is -1.00 e. The largest absolute Gasteiger partial charge is 1.00 e. The zero-order valence-electron chi connectivity index (χ0n) is 34.4. The molecule has 15 nitrogen and oxygen atoms in total. The summed E-state index contributed by atoms with van der Waals surface area (Å²) in [5, 5.41) is 8.69. The van der Waals surface area contributed by atoms with E-state index in [0.717, 1.165) is 80.8 Å². The summed E-state index contributed by atoms with van der Waals surface area (Å²) in [7, 11) is -14.6. The highest BCUT2D eigenvalue weighted by atomic mass is 35.5. The number of halogens is 1. The maximum Gasteiger partial charge on any atom is 0.363 e. The van der Waals surface area contributed by atoms with Gasteiger partial charge in [0.25, 0.3) is 30.4 Å². The van der Waals surface area contributed by atoms with Crippen LogP contribution in [0.4, 0.5) is 17.1 Å². The molecule has 0 amide bonds. The van der Waals surface area contributed by atoms with E-state index in [9.17, 15) is 43.7 Å². The van der Waals surface area contributed by atoms with E-state index < -0.39 is 45.0 Å². The summed E-state index contributed by atoms with van der Waals surface area (Å²) in [6.07, 6.45) is 0. The molecule has 0 aliphatic heterocycles. The molecule has 19 heteroatoms. The van der Waals surface area contributed by atoms with Gasteiger partial charge in [-0.05, 0) is 81.6 Å². The number of hydrogen-bond donors (Lipinski definition) is 6. The number of carbonyl (C=O) groups is 1. The summed E-state index contributed by atoms with van der Waals surface area (Å²) in [5.41, 5.74) is 14.0. The Morgan fingerprint density at radius 3 is 1.49 bits per heavy atom. The average molecular weight is 936 g/mol. The second-order valence-corrected chi connectivity index (χ2v) is 18.6. The Morgan fingerprint density at radius 2 is 1.05 bits per heavy atom. The fourth-order valence-corrected chi connectivity index (χ4v) is 10.1. The van der Waals surface area contributed by atoms with Crippen molar-refractivity contribution >= 4 is 108 Å². The van der Waals surface area contributed by atoms with Gasteiger partial charge in [-0.1, -0.05) is 42.5 Å². The molecule has 0 spiro atoms. The molecule has 7 N–H and O–H groups in total. The van der Waals surface area contributed by atoms with Crippen LogP contribution in [0.15, 0.2) is 104 Å². The summed E-state index contributed by atoms with van der Waals surface area (Å²) in [6.45, 7) is 12.1. The highest BCUT2D eigenvalue weighted by molar-refractivity contribution is 7.87. The van der Waals surface area contributed by atoms with Crippen molar-refractivity contribution in [3.05, 3.63) is 102 Å². The summed E-state index contributed by atoms with van der Waals surface area (Å²) >= 11 is 0. The number of carbonyl (C=O) groups excluding carboxylic acids is 1. The number of nitrogens with one attached hydrogen (secondary N) is 2. The number of ether oxygens (including phenoxy) is 1. The van der Waals surface area contributed by atoms with Gasteiger partial charge in [0.15, 0.2) is 0 Å². The smallest absolute Gasteiger partial charge is 0.363 e. The first-order valence-corrected chi connectivity index (χ1v) is 23.6. The predicted octanol–water partition coefficient (Wildman–Crippen LogP) is 6.10. The monoisotopic (exact) mass is 935 g/mol. The number of hydrogen-bond acceptors (Lipinski definition) is 11. The van der Waals surface area contributed by atoms with Crippen LogP contribution in [0.25, 0.3) is 65.4 Å². The van der Waals surface area contributed by atoms with Gasteiger partial charge in [-0.25, -0.2) is 9.21 Å². The fourth-order valence-electron chi connectivity index (χ4n) is 7.90. The fraction of sp³-hybridized carbons (Fsp3) is 0.182. The van der Waals surface area contributed by atoms with Crippen LogP contribution < -0.4 is 28.8 Å². The molecule has 1 aromatic heterocycles. The van der Waals surface area contributed by atoms with E-state index in [1.165, 1.54) is 18.2 Å². The van der Waals surface area contributed by atoms with E-state index in [1.807, 2.05) is 31.2 Å². The van der Waals surface area contributed by atoms with E-state index in [0.29, 0.717) is 18.2 Å². The Labute approximate surface area is 369 Å². The molecule has 0 fully saturated rings. The molecule has 0 unspecified atom stereocenters. The zero-order chi connectivity index (χ0) is 45.1. The number of anilines is 3. The van der Waals surface area contributed by atoms with Crippen molar-refractivity contribution in [2.45, 2.75) is 49.3 Å². The minimum absolute atomic E-state index is 0. The third kappa shape index (κ3) is 8.62. The molecule has 0 aliphatic rings. The molecule has 63 heavy (non-hydrogen) atoms. The molecule has 0 atom stereocenters. The molecule has 0 radical (unpaired) electrons. The molecule has 8 aromatic rings. The molecule has 7 aromatic carbocycles. The summed E-state index contributed by atoms with van der Waals surface area (Å²) in [5.74, 6) is -0.322. The Hall–Kier alpha value is -5.86. The van der Waals surface area contributed by atoms with Gasteiger partial charge in [-0.3, -0.25) is 13.7 Å². The Morgan fingerprint density at radius 1 is 0.619 bits per heavy atom. The van der Waals surface area contributed by atoms with Crippen LogP contribution in [0.1, 0.15) is 42.3 Å². The molecule has 330 valence electrons. The molecular weight excluding hydrogens is 894 g/mol. The van der Waals surface area contributed by atoms with Gasteiger partial charge >= 0.3 is 17.1 Å². The molecule has 1 heterocycles. The lowest BCUT2D eigenvalue weighted by atomic mass is 9.91. The van der Waals surface area contributed by atoms with Crippen molar-refractivity contribution in [3.63, 3.8) is 0 Å². The van der Waals surface area contributed by atoms with Crippen molar-refractivity contribution in [1.82, 2.24) is 0 Å².